The molecular weight excluding hydrogens is 409 g/mol. The highest BCUT2D eigenvalue weighted by molar-refractivity contribution is 6.03. The van der Waals surface area contributed by atoms with Gasteiger partial charge < -0.3 is 19.9 Å². The Kier molecular flexibility index (Phi) is 7.41. The molecule has 0 radical (unpaired) electrons. The zero-order valence-electron chi connectivity index (χ0n) is 16.1. The number of carbonyl (C=O) groups excluding carboxylic acids is 1. The molecule has 1 aliphatic carbocycles. The van der Waals surface area contributed by atoms with Gasteiger partial charge in [-0.25, -0.2) is 18.2 Å². The zero-order valence-corrected chi connectivity index (χ0v) is 16.1. The smallest absolute Gasteiger partial charge is 0.246 e. The van der Waals surface area contributed by atoms with Crippen molar-refractivity contribution < 1.29 is 22.7 Å². The first-order valence-electron chi connectivity index (χ1n) is 9.45. The molecule has 2 aromatic rings. The summed E-state index contributed by atoms with van der Waals surface area (Å²) in [5.74, 6) is -3.34. The maximum Gasteiger partial charge on any atom is 0.246 e. The molecule has 1 aromatic carbocycles. The number of ether oxygens (including phenoxy) is 1. The van der Waals surface area contributed by atoms with Gasteiger partial charge in [0.1, 0.15) is 17.7 Å². The number of amides is 1. The fraction of sp³-hybridized carbons (Fsp3) is 0.455. The van der Waals surface area contributed by atoms with Gasteiger partial charge in [0, 0.05) is 50.7 Å². The summed E-state index contributed by atoms with van der Waals surface area (Å²) in [5.41, 5.74) is 1.71. The van der Waals surface area contributed by atoms with Gasteiger partial charge in [-0.2, -0.15) is 0 Å². The van der Waals surface area contributed by atoms with Crippen LogP contribution < -0.4 is 19.9 Å². The van der Waals surface area contributed by atoms with E-state index in [1.54, 1.807) is 11.1 Å². The summed E-state index contributed by atoms with van der Waals surface area (Å²) < 4.78 is 45.1. The molecule has 4 rings (SSSR count). The van der Waals surface area contributed by atoms with Crippen molar-refractivity contribution in [2.75, 3.05) is 35.3 Å². The molecule has 2 aliphatic rings. The first kappa shape index (κ1) is 24.3. The van der Waals surface area contributed by atoms with Crippen LogP contribution in [0.5, 0.6) is 5.75 Å². The Morgan fingerprint density at radius 2 is 1.77 bits per heavy atom. The van der Waals surface area contributed by atoms with Crippen molar-refractivity contribution in [1.82, 2.24) is 4.98 Å². The molecule has 1 aromatic heterocycles. The average Bonchev–Trinajstić information content (AvgIpc) is 2.65. The molecule has 1 aliphatic heterocycles. The maximum absolute atomic E-state index is 13.3. The van der Waals surface area contributed by atoms with Crippen molar-refractivity contribution >= 4 is 23.1 Å². The van der Waals surface area contributed by atoms with Crippen LogP contribution in [0.4, 0.5) is 30.4 Å². The van der Waals surface area contributed by atoms with Crippen LogP contribution >= 0.6 is 0 Å². The summed E-state index contributed by atoms with van der Waals surface area (Å²) in [6.07, 6.45) is 2.71. The Hall–Kier alpha value is -2.97. The lowest BCUT2D eigenvalue weighted by atomic mass is 9.89. The van der Waals surface area contributed by atoms with E-state index in [1.165, 1.54) is 0 Å². The summed E-state index contributed by atoms with van der Waals surface area (Å²) >= 11 is 0. The second kappa shape index (κ2) is 9.45. The van der Waals surface area contributed by atoms with Crippen LogP contribution in [-0.2, 0) is 4.79 Å². The van der Waals surface area contributed by atoms with Crippen molar-refractivity contribution in [1.29, 1.82) is 0 Å². The lowest BCUT2D eigenvalue weighted by Gasteiger charge is -2.37. The minimum Gasteiger partial charge on any atom is -0.490 e. The van der Waals surface area contributed by atoms with Crippen LogP contribution in [0.25, 0.3) is 0 Å². The fourth-order valence-corrected chi connectivity index (χ4v) is 3.67. The number of carbonyl (C=O) groups is 1. The maximum atomic E-state index is 13.3. The number of anilines is 3. The van der Waals surface area contributed by atoms with Crippen LogP contribution in [0.1, 0.15) is 34.6 Å². The zero-order chi connectivity index (χ0) is 20.7. The average molecular weight is 438 g/mol. The van der Waals surface area contributed by atoms with Crippen molar-refractivity contribution in [3.8, 4) is 5.75 Å². The molecule has 0 saturated heterocycles. The summed E-state index contributed by atoms with van der Waals surface area (Å²) in [5, 5.41) is 3.31. The number of nitrogens with one attached hydrogen (secondary N) is 1. The number of halogens is 3. The van der Waals surface area contributed by atoms with E-state index in [9.17, 15) is 18.0 Å². The molecule has 1 saturated carbocycles. The molecule has 2 heterocycles. The lowest BCUT2D eigenvalue weighted by molar-refractivity contribution is -0.117. The van der Waals surface area contributed by atoms with Gasteiger partial charge in [0.2, 0.25) is 5.91 Å². The van der Waals surface area contributed by atoms with Gasteiger partial charge in [0.25, 0.3) is 0 Å². The quantitative estimate of drug-likeness (QED) is 0.692. The first-order chi connectivity index (χ1) is 13.9. The monoisotopic (exact) mass is 438 g/mol. The molecule has 9 heteroatoms. The van der Waals surface area contributed by atoms with Crippen LogP contribution in [0.3, 0.4) is 0 Å². The summed E-state index contributed by atoms with van der Waals surface area (Å²) in [7, 11) is 1.86. The van der Waals surface area contributed by atoms with Crippen molar-refractivity contribution in [2.45, 2.75) is 46.8 Å². The van der Waals surface area contributed by atoms with Gasteiger partial charge in [0.05, 0.1) is 24.1 Å². The van der Waals surface area contributed by atoms with Gasteiger partial charge in [-0.1, -0.05) is 14.9 Å². The molecule has 0 unspecified atom stereocenters. The number of rotatable bonds is 5. The number of likely N-dealkylation sites (N-methyl/N-ethyl adjacent to an activating group) is 2. The predicted molar refractivity (Wildman–Crippen MR) is 116 cm³/mol. The Labute approximate surface area is 181 Å². The third kappa shape index (κ3) is 4.70. The van der Waals surface area contributed by atoms with Crippen molar-refractivity contribution in [3.63, 3.8) is 0 Å². The van der Waals surface area contributed by atoms with Crippen molar-refractivity contribution in [3.05, 3.63) is 41.8 Å². The SMILES string of the molecule is C.C.CCN1C(=O)CN(C)c2cc(NC3CC(Oc4cc(F)c(F)c(F)c4)C3)ncc21. The van der Waals surface area contributed by atoms with E-state index in [-0.39, 0.29) is 38.7 Å². The minimum absolute atomic E-state index is 0. The molecule has 0 spiro atoms. The van der Waals surface area contributed by atoms with Crippen LogP contribution in [0, 0.1) is 17.5 Å². The van der Waals surface area contributed by atoms with E-state index in [0.29, 0.717) is 31.7 Å². The third-order valence-corrected chi connectivity index (χ3v) is 5.26. The fourth-order valence-electron chi connectivity index (χ4n) is 3.67. The molecular formula is C22H29F3N4O2. The highest BCUT2D eigenvalue weighted by Crippen LogP contribution is 2.35. The topological polar surface area (TPSA) is 57.7 Å². The summed E-state index contributed by atoms with van der Waals surface area (Å²) in [6.45, 7) is 2.82. The molecule has 1 amide bonds. The largest absolute Gasteiger partial charge is 0.490 e. The molecule has 1 N–H and O–H groups in total. The molecule has 0 bridgehead atoms. The molecule has 0 atom stereocenters. The van der Waals surface area contributed by atoms with Gasteiger partial charge >= 0.3 is 0 Å². The van der Waals surface area contributed by atoms with E-state index in [0.717, 1.165) is 23.5 Å². The summed E-state index contributed by atoms with van der Waals surface area (Å²) in [6, 6.07) is 3.70. The van der Waals surface area contributed by atoms with Gasteiger partial charge in [-0.15, -0.1) is 0 Å². The van der Waals surface area contributed by atoms with Crippen LogP contribution in [-0.4, -0.2) is 43.2 Å². The first-order valence-corrected chi connectivity index (χ1v) is 9.45. The van der Waals surface area contributed by atoms with Crippen LogP contribution in [0.2, 0.25) is 0 Å². The highest BCUT2D eigenvalue weighted by atomic mass is 19.2. The standard InChI is InChI=1S/C20H21F3N4O2.2CH4/c1-3-27-17-9-24-18(8-16(17)26(2)10-19(27)28)25-11-4-12(5-11)29-13-6-14(21)20(23)15(22)7-13;;/h6-9,11-12H,3-5,10H2,1-2H3,(H,24,25);2*1H4. The highest BCUT2D eigenvalue weighted by Gasteiger charge is 2.32. The number of aromatic nitrogens is 1. The Morgan fingerprint density at radius 3 is 2.39 bits per heavy atom. The molecule has 31 heavy (non-hydrogen) atoms. The minimum atomic E-state index is -1.50. The number of hydrogen-bond acceptors (Lipinski definition) is 5. The Morgan fingerprint density at radius 1 is 1.13 bits per heavy atom. The molecule has 170 valence electrons. The third-order valence-electron chi connectivity index (χ3n) is 5.26. The lowest BCUT2D eigenvalue weighted by Crippen LogP contribution is -2.44. The van der Waals surface area contributed by atoms with E-state index >= 15 is 0 Å². The number of pyridine rings is 1. The normalized spacial score (nSPS) is 19.6. The van der Waals surface area contributed by atoms with E-state index in [2.05, 4.69) is 10.3 Å². The summed E-state index contributed by atoms with van der Waals surface area (Å²) in [4.78, 5) is 20.1. The van der Waals surface area contributed by atoms with E-state index in [4.69, 9.17) is 4.74 Å². The van der Waals surface area contributed by atoms with Crippen molar-refractivity contribution in [2.24, 2.45) is 0 Å². The second-order valence-corrected chi connectivity index (χ2v) is 7.31. The number of fused-ring (bicyclic) bond motifs is 1. The van der Waals surface area contributed by atoms with Gasteiger partial charge in [0.15, 0.2) is 17.5 Å². The number of hydrogen-bond donors (Lipinski definition) is 1. The van der Waals surface area contributed by atoms with Gasteiger partial charge in [-0.3, -0.25) is 4.79 Å². The van der Waals surface area contributed by atoms with Crippen LogP contribution in [0.15, 0.2) is 24.4 Å². The van der Waals surface area contributed by atoms with E-state index in [1.807, 2.05) is 24.9 Å². The number of benzene rings is 1. The Balaban J connectivity index is 0.00000171. The molecule has 6 nitrogen and oxygen atoms in total. The van der Waals surface area contributed by atoms with E-state index < -0.39 is 17.5 Å². The predicted octanol–water partition coefficient (Wildman–Crippen LogP) is 4.60. The second-order valence-electron chi connectivity index (χ2n) is 7.31. The Bertz CT molecular complexity index is 927. The number of nitrogens with zero attached hydrogens (tertiary/aromatic N) is 3. The van der Waals surface area contributed by atoms with Gasteiger partial charge in [-0.05, 0) is 6.92 Å². The molecule has 1 fully saturated rings.